The van der Waals surface area contributed by atoms with Gasteiger partial charge >= 0.3 is 0 Å². The molecule has 0 spiro atoms. The number of nitrogens with one attached hydrogen (secondary N) is 2. The lowest BCUT2D eigenvalue weighted by molar-refractivity contribution is -0.116. The van der Waals surface area contributed by atoms with Crippen LogP contribution in [0.5, 0.6) is 0 Å². The Morgan fingerprint density at radius 3 is 2.67 bits per heavy atom. The first-order valence-electron chi connectivity index (χ1n) is 5.93. The van der Waals surface area contributed by atoms with Crippen LogP contribution in [0.4, 0.5) is 5.69 Å². The Morgan fingerprint density at radius 1 is 1.33 bits per heavy atom. The fourth-order valence-electron chi connectivity index (χ4n) is 1.44. The van der Waals surface area contributed by atoms with Gasteiger partial charge in [0, 0.05) is 30.3 Å². The van der Waals surface area contributed by atoms with Crippen LogP contribution in [0.15, 0.2) is 24.3 Å². The highest BCUT2D eigenvalue weighted by Gasteiger charge is 2.08. The van der Waals surface area contributed by atoms with Gasteiger partial charge in [-0.3, -0.25) is 9.59 Å². The molecular weight excluding hydrogens is 230 g/mol. The number of rotatable bonds is 5. The molecule has 0 saturated heterocycles. The van der Waals surface area contributed by atoms with Crippen LogP contribution >= 0.6 is 0 Å². The Kier molecular flexibility index (Phi) is 5.32. The zero-order valence-electron chi connectivity index (χ0n) is 10.7. The number of anilines is 1. The van der Waals surface area contributed by atoms with E-state index in [0.717, 1.165) is 0 Å². The third-order valence-electron chi connectivity index (χ3n) is 2.20. The van der Waals surface area contributed by atoms with Gasteiger partial charge in [0.1, 0.15) is 0 Å². The van der Waals surface area contributed by atoms with Crippen LogP contribution in [-0.2, 0) is 4.79 Å². The molecule has 0 aromatic heterocycles. The van der Waals surface area contributed by atoms with E-state index in [2.05, 4.69) is 10.6 Å². The van der Waals surface area contributed by atoms with Crippen LogP contribution in [0.1, 0.15) is 30.6 Å². The van der Waals surface area contributed by atoms with Gasteiger partial charge in [-0.2, -0.15) is 0 Å². The molecule has 0 aliphatic heterocycles. The number of carbonyl (C=O) groups is 2. The van der Waals surface area contributed by atoms with Crippen molar-refractivity contribution in [2.75, 3.05) is 11.9 Å². The molecule has 0 saturated carbocycles. The second kappa shape index (κ2) is 6.76. The molecule has 1 rings (SSSR count). The Labute approximate surface area is 107 Å². The fraction of sp³-hybridized carbons (Fsp3) is 0.385. The molecule has 0 aliphatic carbocycles. The predicted octanol–water partition coefficient (Wildman–Crippen LogP) is 1.11. The summed E-state index contributed by atoms with van der Waals surface area (Å²) in [5.74, 6) is -0.307. The van der Waals surface area contributed by atoms with Crippen molar-refractivity contribution < 1.29 is 9.59 Å². The summed E-state index contributed by atoms with van der Waals surface area (Å²) in [6.07, 6.45) is 0.266. The Bertz CT molecular complexity index is 430. The van der Waals surface area contributed by atoms with Gasteiger partial charge in [0.15, 0.2) is 0 Å². The highest BCUT2D eigenvalue weighted by Crippen LogP contribution is 2.11. The van der Waals surface area contributed by atoms with Crippen molar-refractivity contribution >= 4 is 17.5 Å². The monoisotopic (exact) mass is 249 g/mol. The van der Waals surface area contributed by atoms with E-state index in [0.29, 0.717) is 17.8 Å². The number of amides is 2. The molecule has 98 valence electrons. The molecule has 0 unspecified atom stereocenters. The molecule has 0 radical (unpaired) electrons. The lowest BCUT2D eigenvalue weighted by atomic mass is 10.1. The Morgan fingerprint density at radius 2 is 2.06 bits per heavy atom. The average molecular weight is 249 g/mol. The van der Waals surface area contributed by atoms with E-state index in [1.165, 1.54) is 0 Å². The van der Waals surface area contributed by atoms with E-state index in [9.17, 15) is 9.59 Å². The van der Waals surface area contributed by atoms with Gasteiger partial charge in [0.25, 0.3) is 5.91 Å². The van der Waals surface area contributed by atoms with Crippen molar-refractivity contribution in [1.82, 2.24) is 5.32 Å². The van der Waals surface area contributed by atoms with Gasteiger partial charge in [-0.15, -0.1) is 0 Å². The van der Waals surface area contributed by atoms with Gasteiger partial charge in [0.2, 0.25) is 5.91 Å². The molecule has 4 N–H and O–H groups in total. The minimum Gasteiger partial charge on any atom is -0.350 e. The smallest absolute Gasteiger partial charge is 0.251 e. The zero-order chi connectivity index (χ0) is 13.5. The maximum absolute atomic E-state index is 11.8. The summed E-state index contributed by atoms with van der Waals surface area (Å²) in [5.41, 5.74) is 6.42. The summed E-state index contributed by atoms with van der Waals surface area (Å²) in [4.78, 5) is 23.2. The second-order valence-electron chi connectivity index (χ2n) is 4.30. The quantitative estimate of drug-likeness (QED) is 0.731. The van der Waals surface area contributed by atoms with Crippen LogP contribution in [0.25, 0.3) is 0 Å². The predicted molar refractivity (Wildman–Crippen MR) is 71.3 cm³/mol. The second-order valence-corrected chi connectivity index (χ2v) is 4.30. The number of hydrogen-bond acceptors (Lipinski definition) is 3. The van der Waals surface area contributed by atoms with E-state index >= 15 is 0 Å². The first-order chi connectivity index (χ1) is 8.52. The molecule has 18 heavy (non-hydrogen) atoms. The van der Waals surface area contributed by atoms with Crippen LogP contribution in [0.2, 0.25) is 0 Å². The number of benzene rings is 1. The van der Waals surface area contributed by atoms with Gasteiger partial charge in [0.05, 0.1) is 0 Å². The SMILES string of the molecule is CC(C)NC(=O)c1cccc(NC(=O)CCN)c1. The minimum atomic E-state index is -0.154. The summed E-state index contributed by atoms with van der Waals surface area (Å²) < 4.78 is 0. The van der Waals surface area contributed by atoms with E-state index in [-0.39, 0.29) is 24.3 Å². The number of nitrogens with two attached hydrogens (primary N) is 1. The molecule has 0 heterocycles. The first kappa shape index (κ1) is 14.2. The lowest BCUT2D eigenvalue weighted by Gasteiger charge is -2.10. The van der Waals surface area contributed by atoms with Gasteiger partial charge in [-0.1, -0.05) is 6.07 Å². The molecule has 0 atom stereocenters. The molecule has 1 aromatic carbocycles. The zero-order valence-corrected chi connectivity index (χ0v) is 10.7. The summed E-state index contributed by atoms with van der Waals surface area (Å²) in [5, 5.41) is 5.49. The third-order valence-corrected chi connectivity index (χ3v) is 2.20. The highest BCUT2D eigenvalue weighted by atomic mass is 16.2. The molecular formula is C13H19N3O2. The van der Waals surface area contributed by atoms with Crippen LogP contribution in [-0.4, -0.2) is 24.4 Å². The minimum absolute atomic E-state index is 0.0768. The maximum Gasteiger partial charge on any atom is 0.251 e. The Balaban J connectivity index is 2.73. The standard InChI is InChI=1S/C13H19N3O2/c1-9(2)15-13(18)10-4-3-5-11(8-10)16-12(17)6-7-14/h3-5,8-9H,6-7,14H2,1-2H3,(H,15,18)(H,16,17). The van der Waals surface area contributed by atoms with E-state index < -0.39 is 0 Å². The van der Waals surface area contributed by atoms with Crippen molar-refractivity contribution in [3.05, 3.63) is 29.8 Å². The molecule has 5 nitrogen and oxygen atoms in total. The van der Waals surface area contributed by atoms with Crippen LogP contribution in [0, 0.1) is 0 Å². The van der Waals surface area contributed by atoms with E-state index in [1.807, 2.05) is 13.8 Å². The summed E-state index contributed by atoms with van der Waals surface area (Å²) in [7, 11) is 0. The maximum atomic E-state index is 11.8. The first-order valence-corrected chi connectivity index (χ1v) is 5.93. The third kappa shape index (κ3) is 4.55. The average Bonchev–Trinajstić information content (AvgIpc) is 2.28. The van der Waals surface area contributed by atoms with Gasteiger partial charge in [-0.25, -0.2) is 0 Å². The van der Waals surface area contributed by atoms with Crippen molar-refractivity contribution in [2.45, 2.75) is 26.3 Å². The molecule has 0 bridgehead atoms. The van der Waals surface area contributed by atoms with E-state index in [4.69, 9.17) is 5.73 Å². The molecule has 2 amide bonds. The molecule has 5 heteroatoms. The van der Waals surface area contributed by atoms with Crippen molar-refractivity contribution in [2.24, 2.45) is 5.73 Å². The number of hydrogen-bond donors (Lipinski definition) is 3. The van der Waals surface area contributed by atoms with Crippen molar-refractivity contribution in [1.29, 1.82) is 0 Å². The molecule has 0 fully saturated rings. The number of carbonyl (C=O) groups excluding carboxylic acids is 2. The summed E-state index contributed by atoms with van der Waals surface area (Å²) >= 11 is 0. The van der Waals surface area contributed by atoms with E-state index in [1.54, 1.807) is 24.3 Å². The summed E-state index contributed by atoms with van der Waals surface area (Å²) in [6.45, 7) is 4.09. The van der Waals surface area contributed by atoms with Crippen molar-refractivity contribution in [3.8, 4) is 0 Å². The van der Waals surface area contributed by atoms with Crippen LogP contribution in [0.3, 0.4) is 0 Å². The van der Waals surface area contributed by atoms with Crippen LogP contribution < -0.4 is 16.4 Å². The summed E-state index contributed by atoms with van der Waals surface area (Å²) in [6, 6.07) is 6.89. The molecule has 0 aliphatic rings. The van der Waals surface area contributed by atoms with Gasteiger partial charge < -0.3 is 16.4 Å². The Hall–Kier alpha value is -1.88. The largest absolute Gasteiger partial charge is 0.350 e. The highest BCUT2D eigenvalue weighted by molar-refractivity contribution is 5.97. The molecule has 1 aromatic rings. The van der Waals surface area contributed by atoms with Crippen molar-refractivity contribution in [3.63, 3.8) is 0 Å². The normalized spacial score (nSPS) is 10.2. The topological polar surface area (TPSA) is 84.2 Å². The fourth-order valence-corrected chi connectivity index (χ4v) is 1.44. The van der Waals surface area contributed by atoms with Gasteiger partial charge in [-0.05, 0) is 32.0 Å². The lowest BCUT2D eigenvalue weighted by Crippen LogP contribution is -2.30.